The maximum atomic E-state index is 14.4. The number of thiocarbonyl (C=S) groups is 1. The van der Waals surface area contributed by atoms with E-state index >= 15 is 0 Å². The molecule has 1 aliphatic rings. The number of carbonyl (C=O) groups excluding carboxylic acids is 3. The summed E-state index contributed by atoms with van der Waals surface area (Å²) < 4.78 is 56.1. The fourth-order valence-corrected chi connectivity index (χ4v) is 6.55. The van der Waals surface area contributed by atoms with Gasteiger partial charge in [0.15, 0.2) is 0 Å². The molecule has 1 aliphatic carbocycles. The molecule has 8 nitrogen and oxygen atoms in total. The largest absolute Gasteiger partial charge is 0.418 e. The first-order chi connectivity index (χ1) is 22.6. The summed E-state index contributed by atoms with van der Waals surface area (Å²) in [6, 6.07) is 8.09. The molecule has 0 fully saturated rings. The Balaban J connectivity index is 1.73. The van der Waals surface area contributed by atoms with Crippen molar-refractivity contribution in [2.75, 3.05) is 7.05 Å². The van der Waals surface area contributed by atoms with Crippen molar-refractivity contribution < 1.29 is 31.9 Å². The minimum atomic E-state index is -4.60. The van der Waals surface area contributed by atoms with E-state index in [2.05, 4.69) is 26.3 Å². The van der Waals surface area contributed by atoms with Gasteiger partial charge in [0, 0.05) is 24.5 Å². The molecule has 1 heterocycles. The van der Waals surface area contributed by atoms with Crippen LogP contribution >= 0.6 is 12.2 Å². The van der Waals surface area contributed by atoms with E-state index in [-0.39, 0.29) is 48.6 Å². The van der Waals surface area contributed by atoms with Crippen molar-refractivity contribution in [1.82, 2.24) is 26.3 Å². The molecule has 2 aromatic carbocycles. The first-order valence-corrected chi connectivity index (χ1v) is 16.6. The standard InChI is InChI=1S/C35H43F4N5O3S/c1-6-19(3)28(42-27(45)17-21-11-8-9-14-25(21)36)31(46)44-34(33(47)43-29(20(4)7-2)32(48)40-5)16-15-26-23(18-34)22-12-10-13-24(30(22)41-26)35(37,38)39/h8-14,19-20,28-29,41H,6-7,15-18H2,1-5H3,(H,40,48)(H,42,45)(H,43,47)(H,44,46)/t19?,20?,28-,29-,34+/m0/s1. The molecule has 3 amide bonds. The van der Waals surface area contributed by atoms with Gasteiger partial charge < -0.3 is 26.3 Å². The third-order valence-electron chi connectivity index (χ3n) is 9.56. The van der Waals surface area contributed by atoms with Gasteiger partial charge in [0.2, 0.25) is 17.7 Å². The summed E-state index contributed by atoms with van der Waals surface area (Å²) in [6.07, 6.45) is -3.57. The van der Waals surface area contributed by atoms with Crippen LogP contribution in [0.5, 0.6) is 0 Å². The SMILES string of the molecule is CCC(C)[C@H](NC(=O)Cc1ccccc1F)C(=O)N[C@]1(C(=O)N[C@H](C(=S)NC)C(C)CC)CCc2[nH]c3c(C(F)(F)F)cccc3c2C1. The van der Waals surface area contributed by atoms with Gasteiger partial charge in [-0.25, -0.2) is 4.39 Å². The average molecular weight is 690 g/mol. The number of aryl methyl sites for hydroxylation is 1. The number of fused-ring (bicyclic) bond motifs is 3. The lowest BCUT2D eigenvalue weighted by molar-refractivity contribution is -0.137. The molecule has 0 spiro atoms. The van der Waals surface area contributed by atoms with Crippen LogP contribution in [0.15, 0.2) is 42.5 Å². The summed E-state index contributed by atoms with van der Waals surface area (Å²) in [4.78, 5) is 45.0. The van der Waals surface area contributed by atoms with Crippen molar-refractivity contribution in [2.24, 2.45) is 11.8 Å². The monoisotopic (exact) mass is 689 g/mol. The molecule has 5 atom stereocenters. The molecule has 2 unspecified atom stereocenters. The second-order valence-electron chi connectivity index (χ2n) is 12.7. The topological polar surface area (TPSA) is 115 Å². The number of halogens is 4. The Morgan fingerprint density at radius 2 is 1.65 bits per heavy atom. The van der Waals surface area contributed by atoms with E-state index in [0.717, 1.165) is 6.07 Å². The molecule has 3 aromatic rings. The van der Waals surface area contributed by atoms with Gasteiger partial charge in [-0.1, -0.05) is 83.1 Å². The van der Waals surface area contributed by atoms with E-state index in [4.69, 9.17) is 12.2 Å². The zero-order valence-electron chi connectivity index (χ0n) is 27.7. The third-order valence-corrected chi connectivity index (χ3v) is 10.0. The summed E-state index contributed by atoms with van der Waals surface area (Å²) >= 11 is 5.53. The maximum Gasteiger partial charge on any atom is 0.418 e. The van der Waals surface area contributed by atoms with Crippen LogP contribution in [-0.2, 0) is 39.8 Å². The van der Waals surface area contributed by atoms with Crippen LogP contribution in [-0.4, -0.2) is 52.4 Å². The second-order valence-corrected chi connectivity index (χ2v) is 13.1. The minimum Gasteiger partial charge on any atom is -0.381 e. The van der Waals surface area contributed by atoms with E-state index < -0.39 is 52.9 Å². The van der Waals surface area contributed by atoms with E-state index in [1.54, 1.807) is 26.1 Å². The van der Waals surface area contributed by atoms with Crippen molar-refractivity contribution in [1.29, 1.82) is 0 Å². The predicted molar refractivity (Wildman–Crippen MR) is 181 cm³/mol. The van der Waals surface area contributed by atoms with E-state index in [0.29, 0.717) is 34.5 Å². The van der Waals surface area contributed by atoms with Crippen molar-refractivity contribution in [3.8, 4) is 0 Å². The number of hydrogen-bond donors (Lipinski definition) is 5. The van der Waals surface area contributed by atoms with Crippen molar-refractivity contribution >= 4 is 45.8 Å². The van der Waals surface area contributed by atoms with Crippen LogP contribution in [0, 0.1) is 17.7 Å². The maximum absolute atomic E-state index is 14.4. The zero-order valence-corrected chi connectivity index (χ0v) is 28.6. The van der Waals surface area contributed by atoms with Gasteiger partial charge in [0.25, 0.3) is 0 Å². The number of alkyl halides is 3. The number of benzene rings is 2. The van der Waals surface area contributed by atoms with Crippen molar-refractivity contribution in [3.05, 3.63) is 70.7 Å². The number of hydrogen-bond acceptors (Lipinski definition) is 4. The summed E-state index contributed by atoms with van der Waals surface area (Å²) in [6.45, 7) is 7.52. The van der Waals surface area contributed by atoms with E-state index in [1.807, 2.05) is 20.8 Å². The van der Waals surface area contributed by atoms with Gasteiger partial charge in [0.05, 0.1) is 28.5 Å². The van der Waals surface area contributed by atoms with Gasteiger partial charge in [-0.3, -0.25) is 14.4 Å². The predicted octanol–water partition coefficient (Wildman–Crippen LogP) is 5.52. The minimum absolute atomic E-state index is 0.0711. The fourth-order valence-electron chi connectivity index (χ4n) is 6.26. The van der Waals surface area contributed by atoms with Crippen molar-refractivity contribution in [2.45, 2.75) is 90.0 Å². The van der Waals surface area contributed by atoms with Gasteiger partial charge in [-0.15, -0.1) is 0 Å². The smallest absolute Gasteiger partial charge is 0.381 e. The molecule has 5 N–H and O–H groups in total. The highest BCUT2D eigenvalue weighted by Crippen LogP contribution is 2.40. The van der Waals surface area contributed by atoms with Crippen LogP contribution in [0.4, 0.5) is 17.6 Å². The molecule has 0 bridgehead atoms. The molecule has 0 saturated carbocycles. The lowest BCUT2D eigenvalue weighted by atomic mass is 9.78. The Morgan fingerprint density at radius 1 is 0.979 bits per heavy atom. The molecule has 4 rings (SSSR count). The Kier molecular flexibility index (Phi) is 11.5. The number of amides is 3. The number of aromatic amines is 1. The molecule has 260 valence electrons. The Hall–Kier alpha value is -4.00. The van der Waals surface area contributed by atoms with Crippen molar-refractivity contribution in [3.63, 3.8) is 0 Å². The molecule has 0 radical (unpaired) electrons. The first kappa shape index (κ1) is 36.8. The molecular formula is C35H43F4N5O3S. The number of H-pyrrole nitrogens is 1. The highest BCUT2D eigenvalue weighted by atomic mass is 32.1. The summed E-state index contributed by atoms with van der Waals surface area (Å²) in [5.41, 5.74) is -1.27. The molecular weight excluding hydrogens is 646 g/mol. The summed E-state index contributed by atoms with van der Waals surface area (Å²) in [7, 11) is 1.65. The van der Waals surface area contributed by atoms with Gasteiger partial charge >= 0.3 is 6.18 Å². The van der Waals surface area contributed by atoms with E-state index in [9.17, 15) is 31.9 Å². The molecule has 1 aromatic heterocycles. The highest BCUT2D eigenvalue weighted by Gasteiger charge is 2.47. The lowest BCUT2D eigenvalue weighted by Crippen LogP contribution is -2.67. The number of para-hydroxylation sites is 1. The first-order valence-electron chi connectivity index (χ1n) is 16.2. The molecule has 48 heavy (non-hydrogen) atoms. The number of rotatable bonds is 12. The number of aromatic nitrogens is 1. The van der Waals surface area contributed by atoms with Gasteiger partial charge in [-0.05, 0) is 47.9 Å². The van der Waals surface area contributed by atoms with Gasteiger partial charge in [0.1, 0.15) is 17.4 Å². The summed E-state index contributed by atoms with van der Waals surface area (Å²) in [5.74, 6) is -2.73. The zero-order chi connectivity index (χ0) is 35.4. The van der Waals surface area contributed by atoms with Crippen LogP contribution in [0.2, 0.25) is 0 Å². The van der Waals surface area contributed by atoms with Crippen LogP contribution < -0.4 is 21.3 Å². The van der Waals surface area contributed by atoms with Crippen LogP contribution in [0.1, 0.15) is 69.3 Å². The normalized spacial score (nSPS) is 18.6. The van der Waals surface area contributed by atoms with Gasteiger partial charge in [-0.2, -0.15) is 13.2 Å². The number of nitrogens with one attached hydrogen (secondary N) is 5. The van der Waals surface area contributed by atoms with Crippen LogP contribution in [0.3, 0.4) is 0 Å². The highest BCUT2D eigenvalue weighted by molar-refractivity contribution is 7.80. The Morgan fingerprint density at radius 3 is 2.27 bits per heavy atom. The Bertz CT molecular complexity index is 1680. The molecule has 0 aliphatic heterocycles. The molecule has 13 heteroatoms. The number of likely N-dealkylation sites (N-methyl/N-ethyl adjacent to an activating group) is 1. The fraction of sp³-hybridized carbons (Fsp3) is 0.486. The third kappa shape index (κ3) is 7.82. The molecule has 0 saturated heterocycles. The average Bonchev–Trinajstić information content (AvgIpc) is 3.43. The van der Waals surface area contributed by atoms with E-state index in [1.165, 1.54) is 24.3 Å². The number of carbonyl (C=O) groups is 3. The quantitative estimate of drug-likeness (QED) is 0.127. The second kappa shape index (κ2) is 15.0. The lowest BCUT2D eigenvalue weighted by Gasteiger charge is -2.40. The van der Waals surface area contributed by atoms with Crippen LogP contribution in [0.25, 0.3) is 10.9 Å². The Labute approximate surface area is 283 Å². The summed E-state index contributed by atoms with van der Waals surface area (Å²) in [5, 5.41) is 12.0.